The number of carbonyl (C=O) groups excluding carboxylic acids is 2. The molecule has 6 nitrogen and oxygen atoms in total. The first-order valence-electron chi connectivity index (χ1n) is 5.55. The first-order valence-corrected chi connectivity index (χ1v) is 5.55. The first-order chi connectivity index (χ1) is 8.92. The maximum absolute atomic E-state index is 11.5. The molecule has 0 spiro atoms. The second kappa shape index (κ2) is 6.31. The van der Waals surface area contributed by atoms with Crippen LogP contribution in [0.3, 0.4) is 0 Å². The van der Waals surface area contributed by atoms with Crippen LogP contribution in [0.5, 0.6) is 0 Å². The first kappa shape index (κ1) is 15.1. The monoisotopic (exact) mass is 268 g/mol. The molecule has 2 unspecified atom stereocenters. The number of rotatable bonds is 4. The molecule has 1 aromatic rings. The van der Waals surface area contributed by atoms with Crippen LogP contribution < -0.4 is 0 Å². The van der Waals surface area contributed by atoms with Gasteiger partial charge in [-0.2, -0.15) is 0 Å². The number of carbonyl (C=O) groups is 2. The van der Waals surface area contributed by atoms with Gasteiger partial charge >= 0.3 is 11.9 Å². The van der Waals surface area contributed by atoms with Crippen LogP contribution in [0.2, 0.25) is 0 Å². The number of benzene rings is 1. The van der Waals surface area contributed by atoms with Crippen LogP contribution in [-0.2, 0) is 14.3 Å². The van der Waals surface area contributed by atoms with E-state index in [1.165, 1.54) is 19.2 Å². The van der Waals surface area contributed by atoms with Crippen molar-refractivity contribution in [1.82, 2.24) is 0 Å². The maximum atomic E-state index is 11.5. The summed E-state index contributed by atoms with van der Waals surface area (Å²) in [4.78, 5) is 22.7. The molecule has 0 radical (unpaired) electrons. The molecule has 0 saturated heterocycles. The van der Waals surface area contributed by atoms with Gasteiger partial charge in [0.2, 0.25) is 0 Å². The normalized spacial score (nSPS) is 13.5. The number of aliphatic hydroxyl groups excluding tert-OH is 2. The van der Waals surface area contributed by atoms with Gasteiger partial charge < -0.3 is 19.7 Å². The highest BCUT2D eigenvalue weighted by Crippen LogP contribution is 2.21. The summed E-state index contributed by atoms with van der Waals surface area (Å²) in [6, 6.07) is 4.48. The van der Waals surface area contributed by atoms with E-state index in [0.29, 0.717) is 5.56 Å². The molecular formula is C13H16O6. The van der Waals surface area contributed by atoms with E-state index in [1.54, 1.807) is 13.0 Å². The predicted molar refractivity (Wildman–Crippen MR) is 65.5 cm³/mol. The van der Waals surface area contributed by atoms with E-state index >= 15 is 0 Å². The summed E-state index contributed by atoms with van der Waals surface area (Å²) in [6.45, 7) is 1.71. The molecule has 0 bridgehead atoms. The van der Waals surface area contributed by atoms with Crippen molar-refractivity contribution in [3.05, 3.63) is 34.9 Å². The van der Waals surface area contributed by atoms with Gasteiger partial charge in [-0.05, 0) is 24.1 Å². The summed E-state index contributed by atoms with van der Waals surface area (Å²) in [5.74, 6) is -1.51. The van der Waals surface area contributed by atoms with Gasteiger partial charge in [0.25, 0.3) is 0 Å². The second-order valence-electron chi connectivity index (χ2n) is 3.98. The molecule has 0 fully saturated rings. The van der Waals surface area contributed by atoms with E-state index in [9.17, 15) is 19.8 Å². The number of ether oxygens (including phenoxy) is 2. The fourth-order valence-electron chi connectivity index (χ4n) is 1.59. The number of hydrogen-bond acceptors (Lipinski definition) is 6. The topological polar surface area (TPSA) is 93.1 Å². The van der Waals surface area contributed by atoms with E-state index in [4.69, 9.17) is 0 Å². The predicted octanol–water partition coefficient (Wildman–Crippen LogP) is 0.349. The average molecular weight is 268 g/mol. The molecule has 19 heavy (non-hydrogen) atoms. The Bertz CT molecular complexity index is 482. The zero-order valence-electron chi connectivity index (χ0n) is 10.9. The molecular weight excluding hydrogens is 252 g/mol. The number of aryl methyl sites for hydroxylation is 1. The van der Waals surface area contributed by atoms with Crippen LogP contribution in [0, 0.1) is 6.92 Å². The van der Waals surface area contributed by atoms with E-state index < -0.39 is 24.1 Å². The Morgan fingerprint density at radius 2 is 1.79 bits per heavy atom. The van der Waals surface area contributed by atoms with Gasteiger partial charge in [-0.1, -0.05) is 12.1 Å². The molecule has 1 rings (SSSR count). The van der Waals surface area contributed by atoms with Crippen LogP contribution in [0.25, 0.3) is 0 Å². The van der Waals surface area contributed by atoms with Crippen LogP contribution in [0.15, 0.2) is 18.2 Å². The maximum Gasteiger partial charge on any atom is 0.338 e. The Morgan fingerprint density at radius 3 is 2.32 bits per heavy atom. The van der Waals surface area contributed by atoms with Gasteiger partial charge in [-0.15, -0.1) is 0 Å². The van der Waals surface area contributed by atoms with Crippen LogP contribution in [0.4, 0.5) is 0 Å². The minimum Gasteiger partial charge on any atom is -0.467 e. The molecule has 104 valence electrons. The van der Waals surface area contributed by atoms with Crippen molar-refractivity contribution in [3.8, 4) is 0 Å². The summed E-state index contributed by atoms with van der Waals surface area (Å²) < 4.78 is 8.94. The van der Waals surface area contributed by atoms with Gasteiger partial charge in [-0.3, -0.25) is 0 Å². The Labute approximate surface area is 110 Å². The van der Waals surface area contributed by atoms with Gasteiger partial charge in [0.1, 0.15) is 6.10 Å². The lowest BCUT2D eigenvalue weighted by atomic mass is 9.99. The van der Waals surface area contributed by atoms with Crippen molar-refractivity contribution < 1.29 is 29.3 Å². The third kappa shape index (κ3) is 3.30. The molecule has 0 amide bonds. The molecule has 0 saturated carbocycles. The minimum atomic E-state index is -1.71. The van der Waals surface area contributed by atoms with E-state index in [0.717, 1.165) is 7.11 Å². The number of hydrogen-bond donors (Lipinski definition) is 2. The lowest BCUT2D eigenvalue weighted by molar-refractivity contribution is -0.156. The number of methoxy groups -OCH3 is 2. The fourth-order valence-corrected chi connectivity index (χ4v) is 1.59. The van der Waals surface area contributed by atoms with E-state index in [2.05, 4.69) is 9.47 Å². The summed E-state index contributed by atoms with van der Waals surface area (Å²) in [7, 11) is 2.35. The van der Waals surface area contributed by atoms with E-state index in [1.807, 2.05) is 0 Å². The summed E-state index contributed by atoms with van der Waals surface area (Å²) in [5, 5.41) is 19.4. The van der Waals surface area contributed by atoms with Gasteiger partial charge in [0.05, 0.1) is 19.8 Å². The summed E-state index contributed by atoms with van der Waals surface area (Å²) in [6.07, 6.45) is -3.19. The van der Waals surface area contributed by atoms with Crippen LogP contribution >= 0.6 is 0 Å². The Kier molecular flexibility index (Phi) is 5.02. The lowest BCUT2D eigenvalue weighted by Crippen LogP contribution is -2.29. The smallest absolute Gasteiger partial charge is 0.338 e. The third-order valence-electron chi connectivity index (χ3n) is 2.75. The molecule has 2 N–H and O–H groups in total. The number of aliphatic hydroxyl groups is 2. The quantitative estimate of drug-likeness (QED) is 0.765. The van der Waals surface area contributed by atoms with Gasteiger partial charge in [-0.25, -0.2) is 9.59 Å². The third-order valence-corrected chi connectivity index (χ3v) is 2.75. The molecule has 6 heteroatoms. The molecule has 1 aromatic carbocycles. The Hall–Kier alpha value is -1.92. The Morgan fingerprint density at radius 1 is 1.16 bits per heavy atom. The van der Waals surface area contributed by atoms with Crippen molar-refractivity contribution in [2.24, 2.45) is 0 Å². The van der Waals surface area contributed by atoms with Crippen molar-refractivity contribution in [1.29, 1.82) is 0 Å². The Balaban J connectivity index is 3.08. The highest BCUT2D eigenvalue weighted by atomic mass is 16.5. The van der Waals surface area contributed by atoms with Crippen molar-refractivity contribution in [2.75, 3.05) is 14.2 Å². The second-order valence-corrected chi connectivity index (χ2v) is 3.98. The SMILES string of the molecule is COC(=O)c1cc(C(O)C(O)C(=O)OC)ccc1C. The van der Waals surface area contributed by atoms with Crippen LogP contribution in [0.1, 0.15) is 27.6 Å². The lowest BCUT2D eigenvalue weighted by Gasteiger charge is -2.17. The molecule has 0 aliphatic heterocycles. The largest absolute Gasteiger partial charge is 0.467 e. The molecule has 2 atom stereocenters. The number of esters is 2. The highest BCUT2D eigenvalue weighted by Gasteiger charge is 2.27. The molecule has 0 aromatic heterocycles. The van der Waals surface area contributed by atoms with Crippen molar-refractivity contribution >= 4 is 11.9 Å². The van der Waals surface area contributed by atoms with Gasteiger partial charge in [0, 0.05) is 0 Å². The zero-order valence-corrected chi connectivity index (χ0v) is 10.9. The molecule has 0 aliphatic rings. The van der Waals surface area contributed by atoms with Crippen LogP contribution in [-0.4, -0.2) is 42.5 Å². The van der Waals surface area contributed by atoms with E-state index in [-0.39, 0.29) is 11.1 Å². The summed E-state index contributed by atoms with van der Waals surface area (Å²) in [5.41, 5.74) is 1.15. The van der Waals surface area contributed by atoms with Gasteiger partial charge in [0.15, 0.2) is 6.10 Å². The fraction of sp³-hybridized carbons (Fsp3) is 0.385. The standard InChI is InChI=1S/C13H16O6/c1-7-4-5-8(6-9(7)12(16)18-2)10(14)11(15)13(17)19-3/h4-6,10-11,14-15H,1-3H3. The van der Waals surface area contributed by atoms with Crippen molar-refractivity contribution in [3.63, 3.8) is 0 Å². The summed E-state index contributed by atoms with van der Waals surface area (Å²) >= 11 is 0. The average Bonchev–Trinajstić information content (AvgIpc) is 2.44. The molecule has 0 heterocycles. The molecule has 0 aliphatic carbocycles. The zero-order chi connectivity index (χ0) is 14.6. The highest BCUT2D eigenvalue weighted by molar-refractivity contribution is 5.91. The van der Waals surface area contributed by atoms with Crippen molar-refractivity contribution in [2.45, 2.75) is 19.1 Å². The minimum absolute atomic E-state index is 0.226.